The minimum absolute atomic E-state index is 0.0197. The Morgan fingerprint density at radius 3 is 2.22 bits per heavy atom. The zero-order chi connectivity index (χ0) is 27.2. The van der Waals surface area contributed by atoms with Crippen LogP contribution in [0.4, 0.5) is 10.1 Å². The molecule has 3 rings (SSSR count). The van der Waals surface area contributed by atoms with Crippen LogP contribution in [-0.2, 0) is 26.2 Å². The van der Waals surface area contributed by atoms with Crippen molar-refractivity contribution in [1.82, 2.24) is 10.2 Å². The highest BCUT2D eigenvalue weighted by molar-refractivity contribution is 9.10. The number of carbonyl (C=O) groups excluding carboxylic acids is 2. The molecule has 0 bridgehead atoms. The lowest BCUT2D eigenvalue weighted by molar-refractivity contribution is -0.139. The Bertz CT molecular complexity index is 1350. The minimum atomic E-state index is -4.15. The maximum Gasteiger partial charge on any atom is 0.264 e. The molecule has 0 saturated carbocycles. The molecule has 0 unspecified atom stereocenters. The number of halogens is 2. The number of hydrogen-bond acceptors (Lipinski definition) is 4. The second kappa shape index (κ2) is 12.3. The van der Waals surface area contributed by atoms with Crippen molar-refractivity contribution in [2.75, 3.05) is 17.4 Å². The standard InChI is InChI=1S/C27H29BrFN3O4S/c1-4-30-27(34)20(3)31(17-21-7-5-6-8-25(21)29)26(33)18-32(23-13-11-22(28)12-14-23)37(35,36)24-15-9-19(2)10-16-24/h5-16,20H,4,17-18H2,1-3H3,(H,30,34)/t20-/m1/s1. The molecule has 0 radical (unpaired) electrons. The summed E-state index contributed by atoms with van der Waals surface area (Å²) in [5.74, 6) is -1.61. The van der Waals surface area contributed by atoms with Crippen molar-refractivity contribution in [3.8, 4) is 0 Å². The van der Waals surface area contributed by atoms with Gasteiger partial charge in [-0.2, -0.15) is 0 Å². The van der Waals surface area contributed by atoms with Crippen LogP contribution >= 0.6 is 15.9 Å². The highest BCUT2D eigenvalue weighted by atomic mass is 79.9. The summed E-state index contributed by atoms with van der Waals surface area (Å²) in [5.41, 5.74) is 1.37. The molecule has 1 atom stereocenters. The van der Waals surface area contributed by atoms with Gasteiger partial charge in [-0.3, -0.25) is 13.9 Å². The third-order valence-electron chi connectivity index (χ3n) is 5.82. The van der Waals surface area contributed by atoms with Crippen LogP contribution in [0.1, 0.15) is 25.0 Å². The number of amides is 2. The first-order valence-corrected chi connectivity index (χ1v) is 13.9. The number of rotatable bonds is 10. The summed E-state index contributed by atoms with van der Waals surface area (Å²) < 4.78 is 43.6. The summed E-state index contributed by atoms with van der Waals surface area (Å²) in [6, 6.07) is 17.8. The number of nitrogens with zero attached hydrogens (tertiary/aromatic N) is 2. The molecule has 37 heavy (non-hydrogen) atoms. The molecule has 0 spiro atoms. The number of benzene rings is 3. The molecule has 0 saturated heterocycles. The van der Waals surface area contributed by atoms with Crippen molar-refractivity contribution < 1.29 is 22.4 Å². The Balaban J connectivity index is 2.03. The van der Waals surface area contributed by atoms with Crippen molar-refractivity contribution >= 4 is 43.5 Å². The van der Waals surface area contributed by atoms with E-state index in [1.165, 1.54) is 42.2 Å². The number of sulfonamides is 1. The van der Waals surface area contributed by atoms with Gasteiger partial charge in [-0.05, 0) is 63.2 Å². The van der Waals surface area contributed by atoms with E-state index in [0.717, 1.165) is 14.3 Å². The average molecular weight is 591 g/mol. The molecule has 0 aliphatic heterocycles. The molecule has 0 fully saturated rings. The van der Waals surface area contributed by atoms with Gasteiger partial charge in [0.05, 0.1) is 10.6 Å². The molecule has 0 aliphatic rings. The van der Waals surface area contributed by atoms with Gasteiger partial charge in [-0.15, -0.1) is 0 Å². The summed E-state index contributed by atoms with van der Waals surface area (Å²) in [7, 11) is -4.15. The van der Waals surface area contributed by atoms with E-state index in [4.69, 9.17) is 0 Å². The molecule has 3 aromatic carbocycles. The first-order valence-electron chi connectivity index (χ1n) is 11.7. The van der Waals surface area contributed by atoms with Crippen LogP contribution in [0.25, 0.3) is 0 Å². The van der Waals surface area contributed by atoms with Crippen LogP contribution in [-0.4, -0.2) is 44.3 Å². The molecule has 0 heterocycles. The largest absolute Gasteiger partial charge is 0.355 e. The minimum Gasteiger partial charge on any atom is -0.355 e. The average Bonchev–Trinajstić information content (AvgIpc) is 2.87. The van der Waals surface area contributed by atoms with E-state index in [2.05, 4.69) is 21.2 Å². The van der Waals surface area contributed by atoms with E-state index in [1.54, 1.807) is 49.4 Å². The quantitative estimate of drug-likeness (QED) is 0.373. The first-order chi connectivity index (χ1) is 17.5. The third-order valence-corrected chi connectivity index (χ3v) is 8.14. The lowest BCUT2D eigenvalue weighted by Crippen LogP contribution is -2.51. The van der Waals surface area contributed by atoms with Crippen molar-refractivity contribution in [1.29, 1.82) is 0 Å². The van der Waals surface area contributed by atoms with Gasteiger partial charge in [-0.1, -0.05) is 51.8 Å². The van der Waals surface area contributed by atoms with E-state index < -0.39 is 40.2 Å². The molecule has 3 aromatic rings. The van der Waals surface area contributed by atoms with Crippen molar-refractivity contribution in [2.24, 2.45) is 0 Å². The highest BCUT2D eigenvalue weighted by Gasteiger charge is 2.32. The highest BCUT2D eigenvalue weighted by Crippen LogP contribution is 2.26. The summed E-state index contributed by atoms with van der Waals surface area (Å²) in [5, 5.41) is 2.67. The van der Waals surface area contributed by atoms with Gasteiger partial charge in [0.2, 0.25) is 11.8 Å². The summed E-state index contributed by atoms with van der Waals surface area (Å²) in [6.07, 6.45) is 0. The van der Waals surface area contributed by atoms with E-state index in [0.29, 0.717) is 6.54 Å². The molecule has 1 N–H and O–H groups in total. The summed E-state index contributed by atoms with van der Waals surface area (Å²) in [4.78, 5) is 27.6. The fraction of sp³-hybridized carbons (Fsp3) is 0.259. The van der Waals surface area contributed by atoms with Gasteiger partial charge in [0.15, 0.2) is 0 Å². The number of aryl methyl sites for hydroxylation is 1. The molecule has 196 valence electrons. The number of hydrogen-bond donors (Lipinski definition) is 1. The third kappa shape index (κ3) is 6.95. The van der Waals surface area contributed by atoms with E-state index >= 15 is 0 Å². The van der Waals surface area contributed by atoms with Crippen LogP contribution in [0.2, 0.25) is 0 Å². The maximum atomic E-state index is 14.5. The van der Waals surface area contributed by atoms with Crippen LogP contribution in [0, 0.1) is 12.7 Å². The van der Waals surface area contributed by atoms with Gasteiger partial charge in [0, 0.05) is 23.1 Å². The van der Waals surface area contributed by atoms with Gasteiger partial charge >= 0.3 is 0 Å². The number of carbonyl (C=O) groups is 2. The van der Waals surface area contributed by atoms with Crippen LogP contribution < -0.4 is 9.62 Å². The smallest absolute Gasteiger partial charge is 0.264 e. The Morgan fingerprint density at radius 1 is 1.00 bits per heavy atom. The molecule has 2 amide bonds. The SMILES string of the molecule is CCNC(=O)[C@@H](C)N(Cc1ccccc1F)C(=O)CN(c1ccc(Br)cc1)S(=O)(=O)c1ccc(C)cc1. The van der Waals surface area contributed by atoms with E-state index in [1.807, 2.05) is 6.92 Å². The van der Waals surface area contributed by atoms with Gasteiger partial charge in [0.1, 0.15) is 18.4 Å². The van der Waals surface area contributed by atoms with Gasteiger partial charge in [0.25, 0.3) is 10.0 Å². The summed E-state index contributed by atoms with van der Waals surface area (Å²) >= 11 is 3.34. The van der Waals surface area contributed by atoms with Crippen molar-refractivity contribution in [3.05, 3.63) is 94.2 Å². The predicted octanol–water partition coefficient (Wildman–Crippen LogP) is 4.65. The molecule has 7 nitrogen and oxygen atoms in total. The fourth-order valence-electron chi connectivity index (χ4n) is 3.69. The molecular formula is C27H29BrFN3O4S. The summed E-state index contributed by atoms with van der Waals surface area (Å²) in [6.45, 7) is 4.67. The van der Waals surface area contributed by atoms with E-state index in [-0.39, 0.29) is 22.7 Å². The van der Waals surface area contributed by atoms with Crippen molar-refractivity contribution in [3.63, 3.8) is 0 Å². The molecule has 10 heteroatoms. The fourth-order valence-corrected chi connectivity index (χ4v) is 5.37. The second-order valence-electron chi connectivity index (χ2n) is 8.48. The Kier molecular flexibility index (Phi) is 9.45. The molecule has 0 aromatic heterocycles. The second-order valence-corrected chi connectivity index (χ2v) is 11.3. The Morgan fingerprint density at radius 2 is 1.62 bits per heavy atom. The lowest BCUT2D eigenvalue weighted by atomic mass is 10.1. The molecule has 0 aliphatic carbocycles. The normalized spacial score (nSPS) is 12.0. The lowest BCUT2D eigenvalue weighted by Gasteiger charge is -2.32. The topological polar surface area (TPSA) is 86.8 Å². The van der Waals surface area contributed by atoms with Crippen LogP contribution in [0.3, 0.4) is 0 Å². The maximum absolute atomic E-state index is 14.5. The molecular weight excluding hydrogens is 561 g/mol. The predicted molar refractivity (Wildman–Crippen MR) is 145 cm³/mol. The van der Waals surface area contributed by atoms with Crippen molar-refractivity contribution in [2.45, 2.75) is 38.3 Å². The van der Waals surface area contributed by atoms with Crippen LogP contribution in [0.15, 0.2) is 82.2 Å². The zero-order valence-electron chi connectivity index (χ0n) is 20.8. The number of nitrogens with one attached hydrogen (secondary N) is 1. The van der Waals surface area contributed by atoms with Crippen LogP contribution in [0.5, 0.6) is 0 Å². The number of anilines is 1. The first kappa shape index (κ1) is 28.3. The van der Waals surface area contributed by atoms with Gasteiger partial charge in [-0.25, -0.2) is 12.8 Å². The number of likely N-dealkylation sites (N-methyl/N-ethyl adjacent to an activating group) is 1. The Hall–Kier alpha value is -3.24. The van der Waals surface area contributed by atoms with Gasteiger partial charge < -0.3 is 10.2 Å². The zero-order valence-corrected chi connectivity index (χ0v) is 23.2. The van der Waals surface area contributed by atoms with E-state index in [9.17, 15) is 22.4 Å². The Labute approximate surface area is 225 Å². The monoisotopic (exact) mass is 589 g/mol.